The standard InChI is InChI=1S/C9H8O.As.Zn/c1-2-6-9-8(4-1)5-3-7-10-9;;/h1-6H,7H2;;. The molecule has 1 nitrogen and oxygen atoms in total. The fourth-order valence-electron chi connectivity index (χ4n) is 1.06. The van der Waals surface area contributed by atoms with Gasteiger partial charge in [0.05, 0.1) is 0 Å². The molecule has 1 aromatic carbocycles. The van der Waals surface area contributed by atoms with Crippen molar-refractivity contribution < 1.29 is 24.2 Å². The molecule has 57 valence electrons. The van der Waals surface area contributed by atoms with E-state index in [9.17, 15) is 0 Å². The minimum absolute atomic E-state index is 0. The summed E-state index contributed by atoms with van der Waals surface area (Å²) in [5.41, 5.74) is 1.17. The zero-order chi connectivity index (χ0) is 6.81. The van der Waals surface area contributed by atoms with Gasteiger partial charge in [-0.25, -0.2) is 0 Å². The molecule has 0 atom stereocenters. The Morgan fingerprint density at radius 3 is 2.67 bits per heavy atom. The Bertz CT molecular complexity index is 273. The second-order valence-electron chi connectivity index (χ2n) is 2.25. The minimum atomic E-state index is 0. The van der Waals surface area contributed by atoms with Gasteiger partial charge < -0.3 is 4.74 Å². The summed E-state index contributed by atoms with van der Waals surface area (Å²) in [6.07, 6.45) is 4.10. The normalized spacial score (nSPS) is 11.7. The number of para-hydroxylation sites is 1. The fraction of sp³-hybridized carbons (Fsp3) is 0.111. The Kier molecular flexibility index (Phi) is 5.54. The van der Waals surface area contributed by atoms with E-state index in [1.807, 2.05) is 30.3 Å². The monoisotopic (exact) mass is 271 g/mol. The molecular formula is C9H8AsOZn. The van der Waals surface area contributed by atoms with Crippen LogP contribution < -0.4 is 4.74 Å². The SMILES string of the molecule is C1=Cc2ccccc2OC1.[As].[Zn]. The third kappa shape index (κ3) is 2.47. The van der Waals surface area contributed by atoms with Crippen molar-refractivity contribution in [1.29, 1.82) is 0 Å². The van der Waals surface area contributed by atoms with Gasteiger partial charge in [0, 0.05) is 43.0 Å². The van der Waals surface area contributed by atoms with Gasteiger partial charge in [-0.3, -0.25) is 0 Å². The van der Waals surface area contributed by atoms with Crippen LogP contribution in [0.2, 0.25) is 0 Å². The fourth-order valence-corrected chi connectivity index (χ4v) is 1.06. The third-order valence-electron chi connectivity index (χ3n) is 1.55. The zero-order valence-corrected chi connectivity index (χ0v) is 11.6. The van der Waals surface area contributed by atoms with E-state index in [2.05, 4.69) is 6.08 Å². The predicted octanol–water partition coefficient (Wildman–Crippen LogP) is 1.71. The molecule has 0 amide bonds. The molecule has 0 saturated heterocycles. The van der Waals surface area contributed by atoms with Crippen LogP contribution in [0.5, 0.6) is 5.75 Å². The molecule has 0 aromatic heterocycles. The number of hydrogen-bond donors (Lipinski definition) is 0. The molecule has 0 N–H and O–H groups in total. The summed E-state index contributed by atoms with van der Waals surface area (Å²) < 4.78 is 5.34. The van der Waals surface area contributed by atoms with Crippen LogP contribution in [-0.4, -0.2) is 24.6 Å². The summed E-state index contributed by atoms with van der Waals surface area (Å²) in [6, 6.07) is 8.03. The third-order valence-corrected chi connectivity index (χ3v) is 1.55. The van der Waals surface area contributed by atoms with E-state index in [4.69, 9.17) is 4.74 Å². The summed E-state index contributed by atoms with van der Waals surface area (Å²) >= 11 is 0. The number of hydrogen-bond acceptors (Lipinski definition) is 1. The van der Waals surface area contributed by atoms with Crippen molar-refractivity contribution in [2.45, 2.75) is 0 Å². The van der Waals surface area contributed by atoms with Gasteiger partial charge in [0.1, 0.15) is 12.4 Å². The van der Waals surface area contributed by atoms with E-state index in [0.29, 0.717) is 6.61 Å². The molecular weight excluding hydrogens is 264 g/mol. The van der Waals surface area contributed by atoms with Gasteiger partial charge in [0.25, 0.3) is 0 Å². The second kappa shape index (κ2) is 5.56. The molecule has 3 radical (unpaired) electrons. The average Bonchev–Trinajstić information content (AvgIpc) is 2.05. The van der Waals surface area contributed by atoms with Crippen molar-refractivity contribution in [2.24, 2.45) is 0 Å². The van der Waals surface area contributed by atoms with Crippen LogP contribution in [0.1, 0.15) is 5.56 Å². The van der Waals surface area contributed by atoms with E-state index in [0.717, 1.165) is 5.75 Å². The van der Waals surface area contributed by atoms with Crippen molar-refractivity contribution in [3.8, 4) is 5.75 Å². The van der Waals surface area contributed by atoms with E-state index < -0.39 is 0 Å². The minimum Gasteiger partial charge on any atom is -0.489 e. The van der Waals surface area contributed by atoms with Gasteiger partial charge in [0.2, 0.25) is 0 Å². The second-order valence-corrected chi connectivity index (χ2v) is 2.25. The number of benzene rings is 1. The Hall–Kier alpha value is -0.0582. The molecule has 12 heavy (non-hydrogen) atoms. The van der Waals surface area contributed by atoms with Gasteiger partial charge in [0.15, 0.2) is 0 Å². The Balaban J connectivity index is 0.000000605. The van der Waals surface area contributed by atoms with E-state index in [1.54, 1.807) is 0 Å². The molecule has 1 aliphatic heterocycles. The smallest absolute Gasteiger partial charge is 0.126 e. The number of rotatable bonds is 0. The zero-order valence-electron chi connectivity index (χ0n) is 6.73. The summed E-state index contributed by atoms with van der Waals surface area (Å²) in [6.45, 7) is 0.705. The van der Waals surface area contributed by atoms with Crippen LogP contribution in [0.3, 0.4) is 0 Å². The van der Waals surface area contributed by atoms with Crippen molar-refractivity contribution in [3.63, 3.8) is 0 Å². The maximum atomic E-state index is 5.34. The average molecular weight is 272 g/mol. The van der Waals surface area contributed by atoms with Gasteiger partial charge in [-0.2, -0.15) is 0 Å². The molecule has 0 bridgehead atoms. The van der Waals surface area contributed by atoms with Gasteiger partial charge in [-0.05, 0) is 12.1 Å². The molecule has 0 unspecified atom stereocenters. The molecule has 1 aromatic rings. The first-order valence-electron chi connectivity index (χ1n) is 3.35. The molecule has 0 fully saturated rings. The Morgan fingerprint density at radius 1 is 1.17 bits per heavy atom. The summed E-state index contributed by atoms with van der Waals surface area (Å²) in [7, 11) is 0. The first kappa shape index (κ1) is 11.9. The summed E-state index contributed by atoms with van der Waals surface area (Å²) in [4.78, 5) is 0. The van der Waals surface area contributed by atoms with Crippen LogP contribution >= 0.6 is 0 Å². The van der Waals surface area contributed by atoms with Crippen molar-refractivity contribution in [2.75, 3.05) is 6.61 Å². The van der Waals surface area contributed by atoms with Crippen LogP contribution in [0.25, 0.3) is 6.08 Å². The molecule has 2 rings (SSSR count). The van der Waals surface area contributed by atoms with Crippen LogP contribution in [0, 0.1) is 0 Å². The topological polar surface area (TPSA) is 9.23 Å². The van der Waals surface area contributed by atoms with E-state index in [-0.39, 0.29) is 37.4 Å². The Morgan fingerprint density at radius 2 is 1.92 bits per heavy atom. The van der Waals surface area contributed by atoms with Crippen molar-refractivity contribution in [3.05, 3.63) is 35.9 Å². The molecule has 0 saturated carbocycles. The molecule has 1 aliphatic rings. The number of fused-ring (bicyclic) bond motifs is 1. The maximum absolute atomic E-state index is 5.34. The molecule has 0 spiro atoms. The van der Waals surface area contributed by atoms with Crippen molar-refractivity contribution >= 4 is 24.0 Å². The summed E-state index contributed by atoms with van der Waals surface area (Å²) in [5.74, 6) is 0.991. The predicted molar refractivity (Wildman–Crippen MR) is 46.7 cm³/mol. The van der Waals surface area contributed by atoms with Gasteiger partial charge in [-0.1, -0.05) is 24.3 Å². The molecule has 3 heteroatoms. The molecule has 1 heterocycles. The van der Waals surface area contributed by atoms with Crippen LogP contribution in [0.4, 0.5) is 0 Å². The first-order chi connectivity index (χ1) is 4.97. The van der Waals surface area contributed by atoms with Crippen molar-refractivity contribution in [1.82, 2.24) is 0 Å². The van der Waals surface area contributed by atoms with E-state index in [1.165, 1.54) is 5.56 Å². The Labute approximate surface area is 96.3 Å². The number of ether oxygens (including phenoxy) is 1. The van der Waals surface area contributed by atoms with Gasteiger partial charge >= 0.3 is 0 Å². The first-order valence-corrected chi connectivity index (χ1v) is 3.35. The quantitative estimate of drug-likeness (QED) is 0.653. The van der Waals surface area contributed by atoms with Crippen LogP contribution in [-0.2, 0) is 19.5 Å². The maximum Gasteiger partial charge on any atom is 0.126 e. The van der Waals surface area contributed by atoms with Crippen LogP contribution in [0.15, 0.2) is 30.3 Å². The van der Waals surface area contributed by atoms with Gasteiger partial charge in [-0.15, -0.1) is 0 Å². The largest absolute Gasteiger partial charge is 0.489 e. The summed E-state index contributed by atoms with van der Waals surface area (Å²) in [5, 5.41) is 0. The van der Waals surface area contributed by atoms with E-state index >= 15 is 0 Å². The molecule has 0 aliphatic carbocycles.